The number of H-pyrrole nitrogens is 1. The number of hydrogen-bond donors (Lipinski definition) is 2. The van der Waals surface area contributed by atoms with Gasteiger partial charge in [0.15, 0.2) is 0 Å². The van der Waals surface area contributed by atoms with E-state index in [0.717, 1.165) is 41.0 Å². The first-order valence-corrected chi connectivity index (χ1v) is 14.2. The Labute approximate surface area is 201 Å². The Balaban J connectivity index is 1.14. The molecule has 0 fully saturated rings. The molecule has 0 atom stereocenters. The van der Waals surface area contributed by atoms with E-state index in [4.69, 9.17) is 4.98 Å². The van der Waals surface area contributed by atoms with Crippen LogP contribution < -0.4 is 10.9 Å². The average molecular weight is 488 g/mol. The van der Waals surface area contributed by atoms with Gasteiger partial charge in [0.25, 0.3) is 5.56 Å². The van der Waals surface area contributed by atoms with Crippen molar-refractivity contribution in [2.75, 3.05) is 18.1 Å². The van der Waals surface area contributed by atoms with E-state index in [1.54, 1.807) is 23.1 Å². The predicted molar refractivity (Wildman–Crippen MR) is 138 cm³/mol. The van der Waals surface area contributed by atoms with E-state index < -0.39 is 0 Å². The number of hydrogen-bond acceptors (Lipinski definition) is 6. The van der Waals surface area contributed by atoms with Gasteiger partial charge < -0.3 is 10.3 Å². The second-order valence-electron chi connectivity index (χ2n) is 8.09. The van der Waals surface area contributed by atoms with E-state index >= 15 is 0 Å². The molecule has 1 aliphatic carbocycles. The number of amides is 1. The third-order valence-corrected chi connectivity index (χ3v) is 8.73. The smallest absolute Gasteiger partial charge is 0.259 e. The second kappa shape index (κ2) is 11.4. The SMILES string of the molecule is Cc1ccc(CSCCNC(=O)CCSCc2nc3sc4c(c3c(=O)[nH]2)CCCC4)cc1. The van der Waals surface area contributed by atoms with Crippen LogP contribution in [-0.4, -0.2) is 33.9 Å². The summed E-state index contributed by atoms with van der Waals surface area (Å²) < 4.78 is 0. The van der Waals surface area contributed by atoms with Gasteiger partial charge in [0.2, 0.25) is 5.91 Å². The summed E-state index contributed by atoms with van der Waals surface area (Å²) in [4.78, 5) is 34.5. The summed E-state index contributed by atoms with van der Waals surface area (Å²) in [6.07, 6.45) is 4.90. The molecule has 4 rings (SSSR count). The molecule has 0 saturated carbocycles. The Morgan fingerprint density at radius 3 is 2.75 bits per heavy atom. The Morgan fingerprint density at radius 2 is 1.91 bits per heavy atom. The van der Waals surface area contributed by atoms with E-state index in [0.29, 0.717) is 30.3 Å². The highest BCUT2D eigenvalue weighted by molar-refractivity contribution is 7.98. The van der Waals surface area contributed by atoms with Crippen LogP contribution in [0.3, 0.4) is 0 Å². The van der Waals surface area contributed by atoms with Crippen LogP contribution in [0.4, 0.5) is 0 Å². The van der Waals surface area contributed by atoms with Crippen molar-refractivity contribution in [2.24, 2.45) is 0 Å². The number of aromatic amines is 1. The molecule has 1 aliphatic rings. The van der Waals surface area contributed by atoms with Crippen LogP contribution in [0.1, 0.15) is 46.7 Å². The number of nitrogens with zero attached hydrogens (tertiary/aromatic N) is 1. The molecule has 3 aromatic rings. The lowest BCUT2D eigenvalue weighted by atomic mass is 9.97. The highest BCUT2D eigenvalue weighted by Gasteiger charge is 2.19. The first-order chi connectivity index (χ1) is 15.6. The van der Waals surface area contributed by atoms with Crippen LogP contribution in [0, 0.1) is 6.92 Å². The van der Waals surface area contributed by atoms with Crippen LogP contribution in [0.5, 0.6) is 0 Å². The fraction of sp³-hybridized carbons (Fsp3) is 0.458. The van der Waals surface area contributed by atoms with Crippen molar-refractivity contribution in [3.8, 4) is 0 Å². The zero-order chi connectivity index (χ0) is 22.3. The molecule has 2 N–H and O–H groups in total. The molecule has 0 spiro atoms. The first-order valence-electron chi connectivity index (χ1n) is 11.1. The van der Waals surface area contributed by atoms with Crippen molar-refractivity contribution in [1.29, 1.82) is 0 Å². The van der Waals surface area contributed by atoms with E-state index in [9.17, 15) is 9.59 Å². The number of fused-ring (bicyclic) bond motifs is 3. The topological polar surface area (TPSA) is 74.8 Å². The summed E-state index contributed by atoms with van der Waals surface area (Å²) in [6.45, 7) is 2.78. The molecule has 1 aromatic carbocycles. The molecule has 170 valence electrons. The average Bonchev–Trinajstić information content (AvgIpc) is 3.16. The minimum atomic E-state index is -0.00844. The standard InChI is InChI=1S/C24H29N3O2S3/c1-16-6-8-17(9-7-16)14-31-13-11-25-21(28)10-12-30-15-20-26-23(29)22-18-4-2-3-5-19(18)32-24(22)27-20/h6-9H,2-5,10-15H2,1H3,(H,25,28)(H,26,27,29). The number of carbonyl (C=O) groups excluding carboxylic acids is 1. The third-order valence-electron chi connectivity index (χ3n) is 5.54. The predicted octanol–water partition coefficient (Wildman–Crippen LogP) is 4.84. The van der Waals surface area contributed by atoms with Gasteiger partial charge in [-0.15, -0.1) is 11.3 Å². The maximum absolute atomic E-state index is 12.6. The minimum Gasteiger partial charge on any atom is -0.355 e. The van der Waals surface area contributed by atoms with Crippen LogP contribution in [-0.2, 0) is 29.1 Å². The molecule has 2 heterocycles. The zero-order valence-electron chi connectivity index (χ0n) is 18.4. The Bertz CT molecular complexity index is 1120. The number of thioether (sulfide) groups is 2. The Morgan fingerprint density at radius 1 is 1.12 bits per heavy atom. The molecular weight excluding hydrogens is 458 g/mol. The number of aromatic nitrogens is 2. The molecule has 8 heteroatoms. The van der Waals surface area contributed by atoms with Gasteiger partial charge in [-0.3, -0.25) is 9.59 Å². The number of benzene rings is 1. The largest absolute Gasteiger partial charge is 0.355 e. The van der Waals surface area contributed by atoms with E-state index in [-0.39, 0.29) is 11.5 Å². The lowest BCUT2D eigenvalue weighted by Crippen LogP contribution is -2.26. The molecule has 5 nitrogen and oxygen atoms in total. The maximum Gasteiger partial charge on any atom is 0.259 e. The van der Waals surface area contributed by atoms with Crippen molar-refractivity contribution >= 4 is 51.0 Å². The fourth-order valence-electron chi connectivity index (χ4n) is 3.84. The summed E-state index contributed by atoms with van der Waals surface area (Å²) in [5.41, 5.74) is 3.80. The molecule has 2 aromatic heterocycles. The second-order valence-corrected chi connectivity index (χ2v) is 11.4. The Kier molecular flexibility index (Phi) is 8.32. The highest BCUT2D eigenvalue weighted by Crippen LogP contribution is 2.33. The molecule has 0 bridgehead atoms. The van der Waals surface area contributed by atoms with Gasteiger partial charge in [0.1, 0.15) is 10.7 Å². The van der Waals surface area contributed by atoms with Crippen molar-refractivity contribution in [1.82, 2.24) is 15.3 Å². The van der Waals surface area contributed by atoms with Gasteiger partial charge in [-0.25, -0.2) is 4.98 Å². The van der Waals surface area contributed by atoms with Gasteiger partial charge in [-0.05, 0) is 43.7 Å². The molecule has 0 unspecified atom stereocenters. The number of rotatable bonds is 10. The minimum absolute atomic E-state index is 0.00844. The first kappa shape index (κ1) is 23.4. The van der Waals surface area contributed by atoms with Gasteiger partial charge in [0, 0.05) is 35.1 Å². The molecule has 0 radical (unpaired) electrons. The van der Waals surface area contributed by atoms with E-state index in [1.807, 2.05) is 11.8 Å². The number of aryl methyl sites for hydroxylation is 3. The normalized spacial score (nSPS) is 13.3. The summed E-state index contributed by atoms with van der Waals surface area (Å²) in [6, 6.07) is 8.58. The zero-order valence-corrected chi connectivity index (χ0v) is 20.8. The summed E-state index contributed by atoms with van der Waals surface area (Å²) in [5, 5.41) is 3.80. The highest BCUT2D eigenvalue weighted by atomic mass is 32.2. The van der Waals surface area contributed by atoms with Crippen molar-refractivity contribution in [3.63, 3.8) is 0 Å². The monoisotopic (exact) mass is 487 g/mol. The quantitative estimate of drug-likeness (QED) is 0.400. The van der Waals surface area contributed by atoms with Crippen molar-refractivity contribution in [3.05, 3.63) is 62.0 Å². The van der Waals surface area contributed by atoms with Crippen LogP contribution >= 0.6 is 34.9 Å². The van der Waals surface area contributed by atoms with Gasteiger partial charge >= 0.3 is 0 Å². The molecule has 32 heavy (non-hydrogen) atoms. The lowest BCUT2D eigenvalue weighted by Gasteiger charge is -2.09. The molecule has 0 aliphatic heterocycles. The fourth-order valence-corrected chi connectivity index (χ4v) is 6.74. The summed E-state index contributed by atoms with van der Waals surface area (Å²) in [5.74, 6) is 3.99. The maximum atomic E-state index is 12.6. The molecule has 0 saturated heterocycles. The van der Waals surface area contributed by atoms with E-state index in [1.165, 1.54) is 28.0 Å². The number of carbonyl (C=O) groups is 1. The third kappa shape index (κ3) is 6.17. The summed E-state index contributed by atoms with van der Waals surface area (Å²) in [7, 11) is 0. The van der Waals surface area contributed by atoms with E-state index in [2.05, 4.69) is 41.5 Å². The Hall–Kier alpha value is -1.77. The van der Waals surface area contributed by atoms with Crippen molar-refractivity contribution < 1.29 is 4.79 Å². The number of nitrogens with one attached hydrogen (secondary N) is 2. The van der Waals surface area contributed by atoms with Crippen molar-refractivity contribution in [2.45, 2.75) is 50.5 Å². The van der Waals surface area contributed by atoms with Gasteiger partial charge in [0.05, 0.1) is 11.1 Å². The number of thiophene rings is 1. The van der Waals surface area contributed by atoms with Crippen LogP contribution in [0.2, 0.25) is 0 Å². The molecule has 1 amide bonds. The molecular formula is C24H29N3O2S3. The lowest BCUT2D eigenvalue weighted by molar-refractivity contribution is -0.120. The van der Waals surface area contributed by atoms with Crippen LogP contribution in [0.25, 0.3) is 10.2 Å². The van der Waals surface area contributed by atoms with Crippen LogP contribution in [0.15, 0.2) is 29.1 Å². The van der Waals surface area contributed by atoms with Gasteiger partial charge in [-0.1, -0.05) is 29.8 Å². The van der Waals surface area contributed by atoms with Gasteiger partial charge in [-0.2, -0.15) is 23.5 Å². The summed E-state index contributed by atoms with van der Waals surface area (Å²) >= 11 is 5.14.